The second-order valence-corrected chi connectivity index (χ2v) is 18.5. The van der Waals surface area contributed by atoms with Crippen molar-refractivity contribution in [1.29, 1.82) is 0 Å². The van der Waals surface area contributed by atoms with Crippen molar-refractivity contribution in [2.75, 3.05) is 0 Å². The highest BCUT2D eigenvalue weighted by molar-refractivity contribution is 14.1. The van der Waals surface area contributed by atoms with E-state index in [-0.39, 0.29) is 28.2 Å². The van der Waals surface area contributed by atoms with Crippen molar-refractivity contribution in [2.24, 2.45) is 5.41 Å². The second kappa shape index (κ2) is 10.4. The van der Waals surface area contributed by atoms with Gasteiger partial charge in [-0.3, -0.25) is 4.98 Å². The molecule has 4 nitrogen and oxygen atoms in total. The van der Waals surface area contributed by atoms with E-state index in [1.165, 1.54) is 24.3 Å². The molecule has 37 heavy (non-hydrogen) atoms. The van der Waals surface area contributed by atoms with Crippen LogP contribution < -0.4 is 4.74 Å². The number of nitrogens with zero attached hydrogens (tertiary/aromatic N) is 1. The number of rotatable bonds is 6. The summed E-state index contributed by atoms with van der Waals surface area (Å²) in [5, 5.41) is 11.6. The molecule has 1 aromatic carbocycles. The van der Waals surface area contributed by atoms with Crippen LogP contribution in [0, 0.1) is 8.99 Å². The van der Waals surface area contributed by atoms with Gasteiger partial charge in [-0.05, 0) is 82.6 Å². The van der Waals surface area contributed by atoms with Crippen LogP contribution in [0.5, 0.6) is 5.75 Å². The first-order chi connectivity index (χ1) is 16.7. The van der Waals surface area contributed by atoms with Gasteiger partial charge in [0, 0.05) is 20.4 Å². The van der Waals surface area contributed by atoms with Crippen molar-refractivity contribution in [3.05, 3.63) is 55.9 Å². The Morgan fingerprint density at radius 3 is 2.16 bits per heavy atom. The van der Waals surface area contributed by atoms with Gasteiger partial charge in [-0.2, -0.15) is 0 Å². The fourth-order valence-corrected chi connectivity index (χ4v) is 7.09. The molecule has 0 aliphatic heterocycles. The van der Waals surface area contributed by atoms with E-state index in [2.05, 4.69) is 75.0 Å². The van der Waals surface area contributed by atoms with E-state index in [0.29, 0.717) is 11.1 Å². The van der Waals surface area contributed by atoms with E-state index in [0.717, 1.165) is 33.4 Å². The summed E-state index contributed by atoms with van der Waals surface area (Å²) in [4.78, 5) is 5.12. The molecule has 0 amide bonds. The van der Waals surface area contributed by atoms with Crippen molar-refractivity contribution in [3.63, 3.8) is 0 Å². The standard InChI is InChI=1S/C28H39F3INO3Si/c1-16(2)24-22(25(34)17-10-12-18(13-11-17)35-28(29,30)31)23(32)21-19(33-24)14-27(6,7)15-20(21)36-37(8,9)26(3,4)5/h10-13,16,20,25,34H,14-15H2,1-9H3/t20-,25?/m0/s1. The summed E-state index contributed by atoms with van der Waals surface area (Å²) in [5.41, 5.74) is 4.04. The number of aliphatic hydroxyl groups is 1. The summed E-state index contributed by atoms with van der Waals surface area (Å²) in [6.07, 6.45) is -4.30. The van der Waals surface area contributed by atoms with Crippen LogP contribution in [-0.4, -0.2) is 24.8 Å². The van der Waals surface area contributed by atoms with Gasteiger partial charge in [-0.25, -0.2) is 0 Å². The first-order valence-corrected chi connectivity index (χ1v) is 16.6. The Morgan fingerprint density at radius 2 is 1.68 bits per heavy atom. The van der Waals surface area contributed by atoms with E-state index >= 15 is 0 Å². The predicted molar refractivity (Wildman–Crippen MR) is 151 cm³/mol. The van der Waals surface area contributed by atoms with Crippen LogP contribution in [0.1, 0.15) is 101 Å². The van der Waals surface area contributed by atoms with Crippen LogP contribution in [0.4, 0.5) is 13.2 Å². The van der Waals surface area contributed by atoms with Gasteiger partial charge in [0.15, 0.2) is 8.32 Å². The van der Waals surface area contributed by atoms with Crippen LogP contribution in [0.15, 0.2) is 24.3 Å². The molecular formula is C28H39F3INO3Si. The SMILES string of the molecule is CC(C)c1nc2c(c(I)c1C(O)c1ccc(OC(F)(F)F)cc1)[C@@H](O[Si](C)(C)C(C)(C)C)CC(C)(C)C2. The molecule has 3 rings (SSSR count). The van der Waals surface area contributed by atoms with Crippen molar-refractivity contribution >= 4 is 30.9 Å². The molecular weight excluding hydrogens is 610 g/mol. The van der Waals surface area contributed by atoms with Gasteiger partial charge in [0.25, 0.3) is 0 Å². The first-order valence-electron chi connectivity index (χ1n) is 12.7. The van der Waals surface area contributed by atoms with Gasteiger partial charge in [-0.15, -0.1) is 13.2 Å². The number of benzene rings is 1. The lowest BCUT2D eigenvalue weighted by Gasteiger charge is -2.44. The third-order valence-corrected chi connectivity index (χ3v) is 13.2. The molecule has 0 radical (unpaired) electrons. The van der Waals surface area contributed by atoms with Crippen LogP contribution in [0.25, 0.3) is 0 Å². The van der Waals surface area contributed by atoms with Gasteiger partial charge in [0.2, 0.25) is 0 Å². The van der Waals surface area contributed by atoms with Gasteiger partial charge in [0.1, 0.15) is 11.9 Å². The molecule has 0 fully saturated rings. The van der Waals surface area contributed by atoms with Gasteiger partial charge >= 0.3 is 6.36 Å². The fourth-order valence-electron chi connectivity index (χ4n) is 4.59. The minimum absolute atomic E-state index is 0.0127. The largest absolute Gasteiger partial charge is 0.573 e. The average molecular weight is 650 g/mol. The molecule has 0 spiro atoms. The monoisotopic (exact) mass is 649 g/mol. The Kier molecular flexibility index (Phi) is 8.56. The summed E-state index contributed by atoms with van der Waals surface area (Å²) in [5.74, 6) is -0.281. The molecule has 1 aliphatic rings. The number of pyridine rings is 1. The lowest BCUT2D eigenvalue weighted by atomic mass is 9.74. The highest BCUT2D eigenvalue weighted by Gasteiger charge is 2.44. The summed E-state index contributed by atoms with van der Waals surface area (Å²) in [7, 11) is -2.12. The van der Waals surface area contributed by atoms with Crippen LogP contribution in [0.2, 0.25) is 18.1 Å². The van der Waals surface area contributed by atoms with Crippen LogP contribution >= 0.6 is 22.6 Å². The van der Waals surface area contributed by atoms with Crippen LogP contribution in [0.3, 0.4) is 0 Å². The summed E-state index contributed by atoms with van der Waals surface area (Å²) >= 11 is 2.31. The highest BCUT2D eigenvalue weighted by atomic mass is 127. The zero-order chi connectivity index (χ0) is 28.1. The Balaban J connectivity index is 2.13. The van der Waals surface area contributed by atoms with Crippen molar-refractivity contribution in [3.8, 4) is 5.75 Å². The number of fused-ring (bicyclic) bond motifs is 1. The molecule has 1 aliphatic carbocycles. The predicted octanol–water partition coefficient (Wildman–Crippen LogP) is 8.83. The van der Waals surface area contributed by atoms with Crippen molar-refractivity contribution in [1.82, 2.24) is 4.98 Å². The normalized spacial score (nSPS) is 19.1. The number of aliphatic hydroxyl groups excluding tert-OH is 1. The second-order valence-electron chi connectivity index (χ2n) is 12.7. The van der Waals surface area contributed by atoms with E-state index in [1.807, 2.05) is 13.8 Å². The third kappa shape index (κ3) is 6.89. The number of hydrogen-bond acceptors (Lipinski definition) is 4. The first kappa shape index (κ1) is 30.4. The lowest BCUT2D eigenvalue weighted by Crippen LogP contribution is -2.44. The lowest BCUT2D eigenvalue weighted by molar-refractivity contribution is -0.274. The fraction of sp³-hybridized carbons (Fsp3) is 0.607. The van der Waals surface area contributed by atoms with Crippen LogP contribution in [-0.2, 0) is 10.8 Å². The topological polar surface area (TPSA) is 51.6 Å². The van der Waals surface area contributed by atoms with E-state index in [4.69, 9.17) is 9.41 Å². The van der Waals surface area contributed by atoms with Gasteiger partial charge in [0.05, 0.1) is 11.8 Å². The molecule has 0 saturated carbocycles. The molecule has 0 bridgehead atoms. The minimum Gasteiger partial charge on any atom is -0.410 e. The number of hydrogen-bond donors (Lipinski definition) is 1. The number of halogens is 4. The quantitative estimate of drug-likeness (QED) is 0.251. The molecule has 1 N–H and O–H groups in total. The zero-order valence-electron chi connectivity index (χ0n) is 23.2. The van der Waals surface area contributed by atoms with Gasteiger partial charge < -0.3 is 14.3 Å². The molecule has 0 saturated heterocycles. The molecule has 2 atom stereocenters. The molecule has 1 unspecified atom stereocenters. The number of alkyl halides is 3. The Hall–Kier alpha value is -1.17. The molecule has 1 aromatic heterocycles. The zero-order valence-corrected chi connectivity index (χ0v) is 26.3. The summed E-state index contributed by atoms with van der Waals surface area (Å²) < 4.78 is 49.7. The maximum absolute atomic E-state index is 12.6. The Labute approximate surface area is 233 Å². The molecule has 206 valence electrons. The van der Waals surface area contributed by atoms with Crippen molar-refractivity contribution in [2.45, 2.75) is 104 Å². The maximum Gasteiger partial charge on any atom is 0.573 e. The molecule has 2 aromatic rings. The number of aromatic nitrogens is 1. The van der Waals surface area contributed by atoms with Gasteiger partial charge in [-0.1, -0.05) is 60.6 Å². The molecule has 1 heterocycles. The number of ether oxygens (including phenoxy) is 1. The Bertz CT molecular complexity index is 1130. The minimum atomic E-state index is -4.77. The summed E-state index contributed by atoms with van der Waals surface area (Å²) in [6, 6.07) is 5.40. The molecule has 9 heteroatoms. The van der Waals surface area contributed by atoms with E-state index < -0.39 is 20.8 Å². The van der Waals surface area contributed by atoms with E-state index in [1.54, 1.807) is 0 Å². The Morgan fingerprint density at radius 1 is 1.11 bits per heavy atom. The maximum atomic E-state index is 12.6. The summed E-state index contributed by atoms with van der Waals surface area (Å²) in [6.45, 7) is 19.7. The van der Waals surface area contributed by atoms with E-state index in [9.17, 15) is 18.3 Å². The smallest absolute Gasteiger partial charge is 0.410 e. The third-order valence-electron chi connectivity index (χ3n) is 7.51. The van der Waals surface area contributed by atoms with Crippen molar-refractivity contribution < 1.29 is 27.4 Å². The highest BCUT2D eigenvalue weighted by Crippen LogP contribution is 2.50. The average Bonchev–Trinajstić information content (AvgIpc) is 2.70.